The lowest BCUT2D eigenvalue weighted by Crippen LogP contribution is -2.32. The summed E-state index contributed by atoms with van der Waals surface area (Å²) in [7, 11) is -3.11. The first-order valence-electron chi connectivity index (χ1n) is 6.01. The second-order valence-corrected chi connectivity index (χ2v) is 7.21. The Labute approximate surface area is 103 Å². The van der Waals surface area contributed by atoms with Crippen molar-refractivity contribution in [3.63, 3.8) is 0 Å². The topological polar surface area (TPSA) is 74.7 Å². The van der Waals surface area contributed by atoms with E-state index in [-0.39, 0.29) is 18.1 Å². The van der Waals surface area contributed by atoms with Crippen molar-refractivity contribution in [3.8, 4) is 0 Å². The van der Waals surface area contributed by atoms with E-state index < -0.39 is 16.0 Å². The summed E-state index contributed by atoms with van der Waals surface area (Å²) in [5, 5.41) is 8.83. The Morgan fingerprint density at radius 2 is 2.06 bits per heavy atom. The van der Waals surface area contributed by atoms with Gasteiger partial charge in [-0.25, -0.2) is 12.7 Å². The molecule has 1 atom stereocenters. The van der Waals surface area contributed by atoms with Crippen molar-refractivity contribution in [2.75, 3.05) is 18.8 Å². The maximum Gasteiger partial charge on any atom is 0.303 e. The number of sulfonamides is 1. The molecule has 1 aliphatic rings. The minimum Gasteiger partial charge on any atom is -0.481 e. The highest BCUT2D eigenvalue weighted by Gasteiger charge is 2.30. The normalized spacial score (nSPS) is 21.8. The molecule has 1 N–H and O–H groups in total. The van der Waals surface area contributed by atoms with Crippen molar-refractivity contribution in [3.05, 3.63) is 0 Å². The number of nitrogens with zero attached hydrogens (tertiary/aromatic N) is 1. The lowest BCUT2D eigenvalue weighted by atomic mass is 9.94. The molecule has 0 aromatic carbocycles. The molecule has 1 aliphatic heterocycles. The van der Waals surface area contributed by atoms with Crippen molar-refractivity contribution in [1.29, 1.82) is 0 Å². The molecule has 0 amide bonds. The van der Waals surface area contributed by atoms with Gasteiger partial charge in [0, 0.05) is 19.5 Å². The summed E-state index contributed by atoms with van der Waals surface area (Å²) in [5.74, 6) is -0.355. The third-order valence-corrected chi connectivity index (χ3v) is 4.86. The van der Waals surface area contributed by atoms with Gasteiger partial charge >= 0.3 is 5.97 Å². The highest BCUT2D eigenvalue weighted by molar-refractivity contribution is 7.89. The molecule has 1 rings (SSSR count). The molecule has 1 unspecified atom stereocenters. The molecule has 1 fully saturated rings. The second kappa shape index (κ2) is 5.82. The standard InChI is InChI=1S/C11H21NO4S/c1-9(2)6-10(7-11(13)14)8-12-4-3-5-17(12,15)16/h9-10H,3-8H2,1-2H3,(H,13,14). The first-order chi connectivity index (χ1) is 7.81. The molecule has 0 aromatic rings. The van der Waals surface area contributed by atoms with Crippen LogP contribution in [-0.2, 0) is 14.8 Å². The Bertz CT molecular complexity index is 364. The summed E-state index contributed by atoms with van der Waals surface area (Å²) in [5.41, 5.74) is 0. The van der Waals surface area contributed by atoms with Crippen molar-refractivity contribution in [1.82, 2.24) is 4.31 Å². The predicted octanol–water partition coefficient (Wildman–Crippen LogP) is 1.16. The van der Waals surface area contributed by atoms with Crippen LogP contribution < -0.4 is 0 Å². The number of aliphatic carboxylic acids is 1. The highest BCUT2D eigenvalue weighted by atomic mass is 32.2. The zero-order valence-corrected chi connectivity index (χ0v) is 11.2. The molecule has 1 heterocycles. The van der Waals surface area contributed by atoms with Gasteiger partial charge in [0.25, 0.3) is 0 Å². The van der Waals surface area contributed by atoms with Crippen LogP contribution in [0.4, 0.5) is 0 Å². The van der Waals surface area contributed by atoms with E-state index in [1.54, 1.807) is 0 Å². The van der Waals surface area contributed by atoms with Gasteiger partial charge in [0.15, 0.2) is 0 Å². The first kappa shape index (κ1) is 14.4. The molecule has 0 radical (unpaired) electrons. The monoisotopic (exact) mass is 263 g/mol. The van der Waals surface area contributed by atoms with E-state index in [1.807, 2.05) is 13.8 Å². The van der Waals surface area contributed by atoms with Crippen LogP contribution >= 0.6 is 0 Å². The molecule has 0 saturated carbocycles. The van der Waals surface area contributed by atoms with E-state index in [2.05, 4.69) is 0 Å². The maximum absolute atomic E-state index is 11.6. The Balaban J connectivity index is 2.62. The van der Waals surface area contributed by atoms with Gasteiger partial charge in [-0.05, 0) is 24.7 Å². The number of carboxylic acid groups (broad SMARTS) is 1. The number of carbonyl (C=O) groups is 1. The minimum absolute atomic E-state index is 0.0458. The quantitative estimate of drug-likeness (QED) is 0.780. The van der Waals surface area contributed by atoms with Crippen LogP contribution in [0.2, 0.25) is 0 Å². The van der Waals surface area contributed by atoms with E-state index in [1.165, 1.54) is 4.31 Å². The Kier molecular flexibility index (Phi) is 4.94. The van der Waals surface area contributed by atoms with Crippen molar-refractivity contribution in [2.45, 2.75) is 33.1 Å². The van der Waals surface area contributed by atoms with Crippen LogP contribution in [0, 0.1) is 11.8 Å². The Morgan fingerprint density at radius 3 is 2.47 bits per heavy atom. The predicted molar refractivity (Wildman–Crippen MR) is 65.2 cm³/mol. The molecular formula is C11H21NO4S. The fraction of sp³-hybridized carbons (Fsp3) is 0.909. The minimum atomic E-state index is -3.11. The Morgan fingerprint density at radius 1 is 1.41 bits per heavy atom. The smallest absolute Gasteiger partial charge is 0.303 e. The summed E-state index contributed by atoms with van der Waals surface area (Å²) in [6.07, 6.45) is 1.45. The summed E-state index contributed by atoms with van der Waals surface area (Å²) < 4.78 is 24.7. The van der Waals surface area contributed by atoms with Crippen LogP contribution in [0.3, 0.4) is 0 Å². The number of carboxylic acids is 1. The first-order valence-corrected chi connectivity index (χ1v) is 7.62. The number of rotatable bonds is 6. The van der Waals surface area contributed by atoms with Crippen LogP contribution in [-0.4, -0.2) is 42.6 Å². The summed E-state index contributed by atoms with van der Waals surface area (Å²) >= 11 is 0. The van der Waals surface area contributed by atoms with Gasteiger partial charge in [-0.1, -0.05) is 13.8 Å². The summed E-state index contributed by atoms with van der Waals surface area (Å²) in [4.78, 5) is 10.8. The Hall–Kier alpha value is -0.620. The third-order valence-electron chi connectivity index (χ3n) is 2.93. The van der Waals surface area contributed by atoms with Gasteiger partial charge in [0.1, 0.15) is 0 Å². The highest BCUT2D eigenvalue weighted by Crippen LogP contribution is 2.21. The third kappa shape index (κ3) is 4.63. The zero-order chi connectivity index (χ0) is 13.1. The lowest BCUT2D eigenvalue weighted by molar-refractivity contribution is -0.138. The molecule has 100 valence electrons. The number of hydrogen-bond acceptors (Lipinski definition) is 3. The largest absolute Gasteiger partial charge is 0.481 e. The molecule has 0 spiro atoms. The van der Waals surface area contributed by atoms with Gasteiger partial charge < -0.3 is 5.11 Å². The van der Waals surface area contributed by atoms with Crippen LogP contribution in [0.5, 0.6) is 0 Å². The maximum atomic E-state index is 11.6. The van der Waals surface area contributed by atoms with E-state index >= 15 is 0 Å². The number of hydrogen-bond donors (Lipinski definition) is 1. The van der Waals surface area contributed by atoms with E-state index in [0.717, 1.165) is 6.42 Å². The molecule has 0 aliphatic carbocycles. The van der Waals surface area contributed by atoms with Crippen molar-refractivity contribution < 1.29 is 18.3 Å². The van der Waals surface area contributed by atoms with Gasteiger partial charge in [0.2, 0.25) is 10.0 Å². The molecule has 6 heteroatoms. The fourth-order valence-electron chi connectivity index (χ4n) is 2.32. The molecular weight excluding hydrogens is 242 g/mol. The van der Waals surface area contributed by atoms with E-state index in [0.29, 0.717) is 25.4 Å². The molecule has 17 heavy (non-hydrogen) atoms. The zero-order valence-electron chi connectivity index (χ0n) is 10.4. The second-order valence-electron chi connectivity index (χ2n) is 5.12. The average Bonchev–Trinajstić information content (AvgIpc) is 2.43. The average molecular weight is 263 g/mol. The van der Waals surface area contributed by atoms with Gasteiger partial charge in [-0.2, -0.15) is 0 Å². The van der Waals surface area contributed by atoms with E-state index in [4.69, 9.17) is 5.11 Å². The summed E-state index contributed by atoms with van der Waals surface area (Å²) in [6.45, 7) is 4.93. The lowest BCUT2D eigenvalue weighted by Gasteiger charge is -2.22. The molecule has 1 saturated heterocycles. The van der Waals surface area contributed by atoms with E-state index in [9.17, 15) is 13.2 Å². The van der Waals surface area contributed by atoms with Gasteiger partial charge in [0.05, 0.1) is 5.75 Å². The van der Waals surface area contributed by atoms with Crippen LogP contribution in [0.1, 0.15) is 33.1 Å². The van der Waals surface area contributed by atoms with Gasteiger partial charge in [-0.15, -0.1) is 0 Å². The van der Waals surface area contributed by atoms with Gasteiger partial charge in [-0.3, -0.25) is 4.79 Å². The molecule has 5 nitrogen and oxygen atoms in total. The SMILES string of the molecule is CC(C)CC(CC(=O)O)CN1CCCS1(=O)=O. The van der Waals surface area contributed by atoms with Crippen molar-refractivity contribution >= 4 is 16.0 Å². The van der Waals surface area contributed by atoms with Crippen LogP contribution in [0.25, 0.3) is 0 Å². The molecule has 0 aromatic heterocycles. The van der Waals surface area contributed by atoms with Crippen molar-refractivity contribution in [2.24, 2.45) is 11.8 Å². The van der Waals surface area contributed by atoms with Crippen LogP contribution in [0.15, 0.2) is 0 Å². The molecule has 0 bridgehead atoms. The fourth-order valence-corrected chi connectivity index (χ4v) is 3.92. The summed E-state index contributed by atoms with van der Waals surface area (Å²) in [6, 6.07) is 0.